The van der Waals surface area contributed by atoms with Gasteiger partial charge in [-0.1, -0.05) is 0 Å². The third-order valence-electron chi connectivity index (χ3n) is 2.22. The van der Waals surface area contributed by atoms with Crippen LogP contribution in [0.5, 0.6) is 0 Å². The van der Waals surface area contributed by atoms with E-state index in [0.29, 0.717) is 0 Å². The Morgan fingerprint density at radius 1 is 1.58 bits per heavy atom. The highest BCUT2D eigenvalue weighted by molar-refractivity contribution is 5.10. The van der Waals surface area contributed by atoms with Crippen LogP contribution in [-0.2, 0) is 13.0 Å². The van der Waals surface area contributed by atoms with Gasteiger partial charge >= 0.3 is 0 Å². The van der Waals surface area contributed by atoms with Crippen molar-refractivity contribution in [2.24, 2.45) is 0 Å². The second-order valence-electron chi connectivity index (χ2n) is 3.08. The average Bonchev–Trinajstić information content (AvgIpc) is 2.62. The summed E-state index contributed by atoms with van der Waals surface area (Å²) in [5.74, 6) is 1.72. The van der Waals surface area contributed by atoms with Gasteiger partial charge in [0.1, 0.15) is 17.6 Å². The van der Waals surface area contributed by atoms with E-state index in [-0.39, 0.29) is 5.92 Å². The Morgan fingerprint density at radius 3 is 3.17 bits per heavy atom. The van der Waals surface area contributed by atoms with E-state index >= 15 is 0 Å². The maximum Gasteiger partial charge on any atom is 0.150 e. The van der Waals surface area contributed by atoms with Crippen molar-refractivity contribution in [1.29, 1.82) is 5.26 Å². The van der Waals surface area contributed by atoms with Crippen molar-refractivity contribution in [3.63, 3.8) is 0 Å². The number of hydrogen-bond acceptors (Lipinski definition) is 3. The summed E-state index contributed by atoms with van der Waals surface area (Å²) in [6.07, 6.45) is 2.14. The molecule has 12 heavy (non-hydrogen) atoms. The Bertz CT molecular complexity index is 333. The van der Waals surface area contributed by atoms with Gasteiger partial charge < -0.3 is 4.57 Å². The number of fused-ring (bicyclic) bond motifs is 1. The van der Waals surface area contributed by atoms with Crippen molar-refractivity contribution in [2.75, 3.05) is 0 Å². The molecule has 0 fully saturated rings. The van der Waals surface area contributed by atoms with Gasteiger partial charge in [0.05, 0.1) is 6.07 Å². The molecule has 0 saturated heterocycles. The Labute approximate surface area is 70.8 Å². The second kappa shape index (κ2) is 2.59. The normalized spacial score (nSPS) is 17.0. The van der Waals surface area contributed by atoms with Gasteiger partial charge in [-0.2, -0.15) is 5.26 Å². The molecule has 0 N–H and O–H groups in total. The van der Waals surface area contributed by atoms with E-state index in [1.165, 1.54) is 0 Å². The van der Waals surface area contributed by atoms with Crippen LogP contribution in [0.15, 0.2) is 0 Å². The molecule has 0 aromatic carbocycles. The van der Waals surface area contributed by atoms with Crippen LogP contribution in [0.4, 0.5) is 0 Å². The molecule has 1 aromatic heterocycles. The van der Waals surface area contributed by atoms with Gasteiger partial charge in [-0.15, -0.1) is 10.2 Å². The number of aromatic nitrogens is 3. The zero-order valence-corrected chi connectivity index (χ0v) is 6.99. The largest absolute Gasteiger partial charge is 0.314 e. The van der Waals surface area contributed by atoms with E-state index in [0.717, 1.165) is 31.0 Å². The highest BCUT2D eigenvalue weighted by Gasteiger charge is 2.20. The quantitative estimate of drug-likeness (QED) is 0.615. The highest BCUT2D eigenvalue weighted by atomic mass is 15.3. The van der Waals surface area contributed by atoms with Crippen LogP contribution in [0.2, 0.25) is 0 Å². The molecule has 2 rings (SSSR count). The van der Waals surface area contributed by atoms with Gasteiger partial charge in [0.25, 0.3) is 0 Å². The number of aryl methyl sites for hydroxylation is 1. The van der Waals surface area contributed by atoms with Crippen molar-refractivity contribution >= 4 is 0 Å². The van der Waals surface area contributed by atoms with Crippen LogP contribution < -0.4 is 0 Å². The van der Waals surface area contributed by atoms with Crippen LogP contribution in [0.3, 0.4) is 0 Å². The first kappa shape index (κ1) is 7.29. The molecule has 1 aliphatic rings. The fourth-order valence-electron chi connectivity index (χ4n) is 1.55. The zero-order chi connectivity index (χ0) is 8.55. The fourth-order valence-corrected chi connectivity index (χ4v) is 1.55. The molecule has 1 unspecified atom stereocenters. The van der Waals surface area contributed by atoms with E-state index in [2.05, 4.69) is 20.8 Å². The van der Waals surface area contributed by atoms with Crippen LogP contribution >= 0.6 is 0 Å². The van der Waals surface area contributed by atoms with Crippen molar-refractivity contribution in [3.05, 3.63) is 11.6 Å². The number of nitrogens with zero attached hydrogens (tertiary/aromatic N) is 4. The molecule has 62 valence electrons. The first-order valence-electron chi connectivity index (χ1n) is 4.14. The Morgan fingerprint density at radius 2 is 2.42 bits per heavy atom. The van der Waals surface area contributed by atoms with E-state index in [9.17, 15) is 0 Å². The van der Waals surface area contributed by atoms with Crippen molar-refractivity contribution in [3.8, 4) is 6.07 Å². The second-order valence-corrected chi connectivity index (χ2v) is 3.08. The van der Waals surface area contributed by atoms with Gasteiger partial charge in [0.2, 0.25) is 0 Å². The molecule has 1 atom stereocenters. The van der Waals surface area contributed by atoms with Gasteiger partial charge in [0, 0.05) is 13.0 Å². The summed E-state index contributed by atoms with van der Waals surface area (Å²) in [4.78, 5) is 0. The molecule has 2 heterocycles. The average molecular weight is 162 g/mol. The van der Waals surface area contributed by atoms with E-state index in [1.54, 1.807) is 0 Å². The van der Waals surface area contributed by atoms with Crippen LogP contribution in [-0.4, -0.2) is 14.8 Å². The summed E-state index contributed by atoms with van der Waals surface area (Å²) in [5, 5.41) is 16.7. The molecule has 0 bridgehead atoms. The summed E-state index contributed by atoms with van der Waals surface area (Å²) >= 11 is 0. The van der Waals surface area contributed by atoms with E-state index in [4.69, 9.17) is 5.26 Å². The maximum atomic E-state index is 8.71. The first-order chi connectivity index (χ1) is 5.83. The number of hydrogen-bond donors (Lipinski definition) is 0. The number of nitriles is 1. The first-order valence-corrected chi connectivity index (χ1v) is 4.14. The predicted octanol–water partition coefficient (Wildman–Crippen LogP) is 0.851. The smallest absolute Gasteiger partial charge is 0.150 e. The minimum atomic E-state index is -0.135. The summed E-state index contributed by atoms with van der Waals surface area (Å²) in [7, 11) is 0. The third-order valence-corrected chi connectivity index (χ3v) is 2.22. The Balaban J connectivity index is 2.41. The Kier molecular flexibility index (Phi) is 1.58. The molecule has 0 aliphatic carbocycles. The molecular formula is C8H10N4. The van der Waals surface area contributed by atoms with Gasteiger partial charge in [-0.05, 0) is 13.3 Å². The molecule has 0 saturated carbocycles. The minimum Gasteiger partial charge on any atom is -0.314 e. The maximum absolute atomic E-state index is 8.71. The summed E-state index contributed by atoms with van der Waals surface area (Å²) in [6.45, 7) is 2.83. The molecule has 1 aromatic rings. The fraction of sp³-hybridized carbons (Fsp3) is 0.625. The highest BCUT2D eigenvalue weighted by Crippen LogP contribution is 2.19. The monoisotopic (exact) mass is 162 g/mol. The lowest BCUT2D eigenvalue weighted by molar-refractivity contribution is 0.673. The van der Waals surface area contributed by atoms with Crippen molar-refractivity contribution in [1.82, 2.24) is 14.8 Å². The van der Waals surface area contributed by atoms with Gasteiger partial charge in [-0.25, -0.2) is 0 Å². The third kappa shape index (κ3) is 0.900. The minimum absolute atomic E-state index is 0.135. The van der Waals surface area contributed by atoms with Crippen LogP contribution in [0, 0.1) is 11.3 Å². The van der Waals surface area contributed by atoms with Crippen molar-refractivity contribution < 1.29 is 0 Å². The van der Waals surface area contributed by atoms with E-state index in [1.807, 2.05) is 6.92 Å². The summed E-state index contributed by atoms with van der Waals surface area (Å²) < 4.78 is 2.06. The van der Waals surface area contributed by atoms with Crippen LogP contribution in [0.25, 0.3) is 0 Å². The Hall–Kier alpha value is -1.37. The molecule has 4 heteroatoms. The topological polar surface area (TPSA) is 54.5 Å². The van der Waals surface area contributed by atoms with Crippen LogP contribution in [0.1, 0.15) is 30.9 Å². The predicted molar refractivity (Wildman–Crippen MR) is 42.4 cm³/mol. The molecule has 0 spiro atoms. The molecule has 0 radical (unpaired) electrons. The van der Waals surface area contributed by atoms with Gasteiger partial charge in [0.15, 0.2) is 0 Å². The molecule has 1 aliphatic heterocycles. The molecule has 0 amide bonds. The number of rotatable bonds is 1. The van der Waals surface area contributed by atoms with Gasteiger partial charge in [-0.3, -0.25) is 0 Å². The molecule has 4 nitrogen and oxygen atoms in total. The SMILES string of the molecule is CC(C#N)c1nnc2n1CCC2. The lowest BCUT2D eigenvalue weighted by atomic mass is 10.2. The molecular weight excluding hydrogens is 152 g/mol. The lowest BCUT2D eigenvalue weighted by Gasteiger charge is -2.02. The lowest BCUT2D eigenvalue weighted by Crippen LogP contribution is -2.03. The summed E-state index contributed by atoms with van der Waals surface area (Å²) in [6, 6.07) is 2.17. The van der Waals surface area contributed by atoms with Crippen molar-refractivity contribution in [2.45, 2.75) is 32.2 Å². The summed E-state index contributed by atoms with van der Waals surface area (Å²) in [5.41, 5.74) is 0. The zero-order valence-electron chi connectivity index (χ0n) is 6.99. The van der Waals surface area contributed by atoms with E-state index < -0.39 is 0 Å². The standard InChI is InChI=1S/C8H10N4/c1-6(5-9)8-11-10-7-3-2-4-12(7)8/h6H,2-4H2,1H3.